The number of carbonyl (C=O) groups excluding carboxylic acids is 1. The molecule has 0 aliphatic rings. The van der Waals surface area contributed by atoms with E-state index in [9.17, 15) is 4.79 Å². The van der Waals surface area contributed by atoms with E-state index in [1.807, 2.05) is 6.92 Å². The standard InChI is InChI=1S/C16H20ClN3O3/c1-11-13(17)10-20(19-11)8-4-7-18-16(21)12-5-6-14(22-2)15(9-12)23-3/h5-6,9-10H,4,7-8H2,1-3H3,(H,18,21). The number of methoxy groups -OCH3 is 2. The minimum atomic E-state index is -0.152. The summed E-state index contributed by atoms with van der Waals surface area (Å²) in [5.74, 6) is 0.970. The van der Waals surface area contributed by atoms with Gasteiger partial charge in [-0.3, -0.25) is 9.48 Å². The van der Waals surface area contributed by atoms with E-state index in [1.54, 1.807) is 36.2 Å². The number of halogens is 1. The molecule has 1 N–H and O–H groups in total. The highest BCUT2D eigenvalue weighted by molar-refractivity contribution is 6.31. The predicted molar refractivity (Wildman–Crippen MR) is 88.5 cm³/mol. The maximum Gasteiger partial charge on any atom is 0.251 e. The molecule has 7 heteroatoms. The fourth-order valence-electron chi connectivity index (χ4n) is 2.13. The minimum absolute atomic E-state index is 0.152. The molecule has 2 aromatic rings. The van der Waals surface area contributed by atoms with E-state index in [1.165, 1.54) is 7.11 Å². The van der Waals surface area contributed by atoms with Crippen molar-refractivity contribution in [3.8, 4) is 11.5 Å². The molecular weight excluding hydrogens is 318 g/mol. The Morgan fingerprint density at radius 3 is 2.65 bits per heavy atom. The number of benzene rings is 1. The Morgan fingerprint density at radius 2 is 2.04 bits per heavy atom. The molecule has 0 spiro atoms. The molecule has 0 fully saturated rings. The summed E-state index contributed by atoms with van der Waals surface area (Å²) in [7, 11) is 3.09. The van der Waals surface area contributed by atoms with Gasteiger partial charge in [0.05, 0.1) is 24.9 Å². The third-order valence-electron chi connectivity index (χ3n) is 3.38. The van der Waals surface area contributed by atoms with Crippen molar-refractivity contribution in [2.45, 2.75) is 19.9 Å². The first-order valence-electron chi connectivity index (χ1n) is 7.25. The van der Waals surface area contributed by atoms with Crippen LogP contribution in [0.2, 0.25) is 5.02 Å². The van der Waals surface area contributed by atoms with Gasteiger partial charge in [-0.1, -0.05) is 11.6 Å². The zero-order valence-corrected chi connectivity index (χ0v) is 14.2. The Morgan fingerprint density at radius 1 is 1.30 bits per heavy atom. The maximum atomic E-state index is 12.1. The van der Waals surface area contributed by atoms with Gasteiger partial charge in [-0.05, 0) is 31.5 Å². The monoisotopic (exact) mass is 337 g/mol. The lowest BCUT2D eigenvalue weighted by Gasteiger charge is -2.10. The maximum absolute atomic E-state index is 12.1. The van der Waals surface area contributed by atoms with Gasteiger partial charge < -0.3 is 14.8 Å². The van der Waals surface area contributed by atoms with Gasteiger partial charge in [-0.15, -0.1) is 0 Å². The molecule has 1 aromatic heterocycles. The highest BCUT2D eigenvalue weighted by Gasteiger charge is 2.10. The first-order valence-corrected chi connectivity index (χ1v) is 7.62. The first kappa shape index (κ1) is 17.1. The van der Waals surface area contributed by atoms with Crippen LogP contribution in [0.1, 0.15) is 22.5 Å². The first-order chi connectivity index (χ1) is 11.0. The normalized spacial score (nSPS) is 10.4. The molecule has 0 radical (unpaired) electrons. The fraction of sp³-hybridized carbons (Fsp3) is 0.375. The second kappa shape index (κ2) is 7.87. The number of aromatic nitrogens is 2. The van der Waals surface area contributed by atoms with Crippen molar-refractivity contribution in [2.24, 2.45) is 0 Å². The third kappa shape index (κ3) is 4.39. The molecule has 1 heterocycles. The minimum Gasteiger partial charge on any atom is -0.493 e. The van der Waals surface area contributed by atoms with Gasteiger partial charge in [0.25, 0.3) is 5.91 Å². The van der Waals surface area contributed by atoms with Gasteiger partial charge in [-0.25, -0.2) is 0 Å². The molecule has 0 atom stereocenters. The van der Waals surface area contributed by atoms with Crippen LogP contribution in [0.3, 0.4) is 0 Å². The van der Waals surface area contributed by atoms with Crippen LogP contribution in [0, 0.1) is 6.92 Å². The summed E-state index contributed by atoms with van der Waals surface area (Å²) in [5, 5.41) is 7.79. The number of ether oxygens (including phenoxy) is 2. The lowest BCUT2D eigenvalue weighted by atomic mass is 10.2. The van der Waals surface area contributed by atoms with Crippen LogP contribution < -0.4 is 14.8 Å². The van der Waals surface area contributed by atoms with E-state index in [-0.39, 0.29) is 5.91 Å². The van der Waals surface area contributed by atoms with E-state index < -0.39 is 0 Å². The van der Waals surface area contributed by atoms with Gasteiger partial charge >= 0.3 is 0 Å². The van der Waals surface area contributed by atoms with Gasteiger partial charge in [0.2, 0.25) is 0 Å². The Balaban J connectivity index is 1.85. The van der Waals surface area contributed by atoms with E-state index in [0.29, 0.717) is 35.2 Å². The Kier molecular flexibility index (Phi) is 5.87. The topological polar surface area (TPSA) is 65.4 Å². The van der Waals surface area contributed by atoms with Gasteiger partial charge in [-0.2, -0.15) is 5.10 Å². The Bertz CT molecular complexity index is 666. The van der Waals surface area contributed by atoms with Gasteiger partial charge in [0, 0.05) is 24.8 Å². The molecule has 23 heavy (non-hydrogen) atoms. The van der Waals surface area contributed by atoms with Gasteiger partial charge in [0.1, 0.15) is 0 Å². The SMILES string of the molecule is COc1ccc(C(=O)NCCCn2cc(Cl)c(C)n2)cc1OC. The molecule has 0 saturated carbocycles. The quantitative estimate of drug-likeness (QED) is 0.789. The number of carbonyl (C=O) groups is 1. The lowest BCUT2D eigenvalue weighted by molar-refractivity contribution is 0.0952. The van der Waals surface area contributed by atoms with Crippen molar-refractivity contribution < 1.29 is 14.3 Å². The van der Waals surface area contributed by atoms with Crippen molar-refractivity contribution in [3.63, 3.8) is 0 Å². The highest BCUT2D eigenvalue weighted by Crippen LogP contribution is 2.27. The molecule has 6 nitrogen and oxygen atoms in total. The van der Waals surface area contributed by atoms with E-state index in [2.05, 4.69) is 10.4 Å². The number of aryl methyl sites for hydroxylation is 2. The average molecular weight is 338 g/mol. The molecule has 0 aliphatic carbocycles. The molecule has 1 amide bonds. The fourth-order valence-corrected chi connectivity index (χ4v) is 2.28. The summed E-state index contributed by atoms with van der Waals surface area (Å²) in [4.78, 5) is 12.1. The van der Waals surface area contributed by atoms with Crippen molar-refractivity contribution in [1.82, 2.24) is 15.1 Å². The number of hydrogen-bond acceptors (Lipinski definition) is 4. The largest absolute Gasteiger partial charge is 0.493 e. The summed E-state index contributed by atoms with van der Waals surface area (Å²) in [6, 6.07) is 5.07. The number of hydrogen-bond donors (Lipinski definition) is 1. The summed E-state index contributed by atoms with van der Waals surface area (Å²) in [6.07, 6.45) is 2.55. The van der Waals surface area contributed by atoms with Crippen LogP contribution in [-0.2, 0) is 6.54 Å². The number of amides is 1. The van der Waals surface area contributed by atoms with Crippen LogP contribution in [0.5, 0.6) is 11.5 Å². The van der Waals surface area contributed by atoms with Crippen molar-refractivity contribution in [3.05, 3.63) is 40.7 Å². The number of rotatable bonds is 7. The molecule has 1 aromatic carbocycles. The second-order valence-electron chi connectivity index (χ2n) is 5.00. The summed E-state index contributed by atoms with van der Waals surface area (Å²) < 4.78 is 12.1. The Labute approximate surface area is 140 Å². The second-order valence-corrected chi connectivity index (χ2v) is 5.41. The summed E-state index contributed by atoms with van der Waals surface area (Å²) >= 11 is 5.95. The third-order valence-corrected chi connectivity index (χ3v) is 3.75. The molecule has 0 saturated heterocycles. The number of nitrogens with zero attached hydrogens (tertiary/aromatic N) is 2. The van der Waals surface area contributed by atoms with Crippen LogP contribution >= 0.6 is 11.6 Å². The van der Waals surface area contributed by atoms with Crippen molar-refractivity contribution >= 4 is 17.5 Å². The van der Waals surface area contributed by atoms with Gasteiger partial charge in [0.15, 0.2) is 11.5 Å². The molecule has 0 aliphatic heterocycles. The summed E-state index contributed by atoms with van der Waals surface area (Å²) in [6.45, 7) is 3.10. The smallest absolute Gasteiger partial charge is 0.251 e. The lowest BCUT2D eigenvalue weighted by Crippen LogP contribution is -2.25. The average Bonchev–Trinajstić information content (AvgIpc) is 2.88. The van der Waals surface area contributed by atoms with Crippen LogP contribution in [-0.4, -0.2) is 36.5 Å². The molecule has 0 bridgehead atoms. The molecular formula is C16H20ClN3O3. The Hall–Kier alpha value is -2.21. The zero-order chi connectivity index (χ0) is 16.8. The summed E-state index contributed by atoms with van der Waals surface area (Å²) in [5.41, 5.74) is 1.33. The highest BCUT2D eigenvalue weighted by atomic mass is 35.5. The van der Waals surface area contributed by atoms with E-state index in [0.717, 1.165) is 12.1 Å². The van der Waals surface area contributed by atoms with Crippen LogP contribution in [0.4, 0.5) is 0 Å². The molecule has 124 valence electrons. The van der Waals surface area contributed by atoms with Crippen LogP contribution in [0.25, 0.3) is 0 Å². The predicted octanol–water partition coefficient (Wildman–Crippen LogP) is 2.68. The molecule has 0 unspecified atom stereocenters. The van der Waals surface area contributed by atoms with E-state index in [4.69, 9.17) is 21.1 Å². The zero-order valence-electron chi connectivity index (χ0n) is 13.4. The van der Waals surface area contributed by atoms with Crippen LogP contribution in [0.15, 0.2) is 24.4 Å². The van der Waals surface area contributed by atoms with E-state index >= 15 is 0 Å². The van der Waals surface area contributed by atoms with Crippen molar-refractivity contribution in [1.29, 1.82) is 0 Å². The molecule has 2 rings (SSSR count). The van der Waals surface area contributed by atoms with Crippen molar-refractivity contribution in [2.75, 3.05) is 20.8 Å². The number of nitrogens with one attached hydrogen (secondary N) is 1.